The zero-order chi connectivity index (χ0) is 9.57. The van der Waals surface area contributed by atoms with Crippen LogP contribution in [0.5, 0.6) is 0 Å². The van der Waals surface area contributed by atoms with E-state index in [2.05, 4.69) is 25.7 Å². The van der Waals surface area contributed by atoms with Gasteiger partial charge < -0.3 is 0 Å². The highest BCUT2D eigenvalue weighted by Gasteiger charge is 2.22. The molecule has 13 heavy (non-hydrogen) atoms. The molecule has 0 spiro atoms. The summed E-state index contributed by atoms with van der Waals surface area (Å²) in [7, 11) is 0. The van der Waals surface area contributed by atoms with Gasteiger partial charge in [0.2, 0.25) is 0 Å². The lowest BCUT2D eigenvalue weighted by atomic mass is 9.75. The molecule has 1 rings (SSSR count). The molecule has 0 aliphatic heterocycles. The van der Waals surface area contributed by atoms with Crippen molar-refractivity contribution < 1.29 is 0 Å². The zero-order valence-corrected chi connectivity index (χ0v) is 8.89. The monoisotopic (exact) mass is 178 g/mol. The molecule has 0 heterocycles. The van der Waals surface area contributed by atoms with E-state index in [1.807, 2.05) is 6.08 Å². The van der Waals surface area contributed by atoms with E-state index in [0.717, 1.165) is 6.42 Å². The Bertz CT molecular complexity index is 170. The van der Waals surface area contributed by atoms with Gasteiger partial charge in [-0.25, -0.2) is 0 Å². The molecule has 1 fully saturated rings. The van der Waals surface area contributed by atoms with Gasteiger partial charge in [-0.3, -0.25) is 0 Å². The van der Waals surface area contributed by atoms with E-state index in [0.29, 0.717) is 5.41 Å². The van der Waals surface area contributed by atoms with Crippen LogP contribution in [0.15, 0.2) is 24.8 Å². The number of unbranched alkanes of at least 4 members (excludes halogenated alkanes) is 1. The summed E-state index contributed by atoms with van der Waals surface area (Å²) in [5.41, 5.74) is 0.513. The van der Waals surface area contributed by atoms with Gasteiger partial charge in [0.25, 0.3) is 0 Å². The molecule has 0 atom stereocenters. The summed E-state index contributed by atoms with van der Waals surface area (Å²) >= 11 is 0. The van der Waals surface area contributed by atoms with E-state index in [-0.39, 0.29) is 0 Å². The predicted octanol–water partition coefficient (Wildman–Crippen LogP) is 4.48. The highest BCUT2D eigenvalue weighted by atomic mass is 14.3. The standard InChI is InChI=1S/C13H22/c1-3-4-5-7-10-13(2)11-8-6-9-12-13/h3,7,10H,1,4-6,8-9,11-12H2,2H3. The van der Waals surface area contributed by atoms with Gasteiger partial charge in [0, 0.05) is 0 Å². The van der Waals surface area contributed by atoms with Crippen molar-refractivity contribution in [2.24, 2.45) is 5.41 Å². The fourth-order valence-corrected chi connectivity index (χ4v) is 2.11. The van der Waals surface area contributed by atoms with Gasteiger partial charge in [0.1, 0.15) is 0 Å². The molecule has 0 amide bonds. The Labute approximate surface area is 82.7 Å². The topological polar surface area (TPSA) is 0 Å². The summed E-state index contributed by atoms with van der Waals surface area (Å²) in [6, 6.07) is 0. The molecular formula is C13H22. The second-order valence-corrected chi connectivity index (χ2v) is 4.48. The van der Waals surface area contributed by atoms with Crippen molar-refractivity contribution in [2.45, 2.75) is 51.9 Å². The lowest BCUT2D eigenvalue weighted by Crippen LogP contribution is -2.16. The van der Waals surface area contributed by atoms with Crippen LogP contribution < -0.4 is 0 Å². The summed E-state index contributed by atoms with van der Waals surface area (Å²) in [5, 5.41) is 0. The van der Waals surface area contributed by atoms with Gasteiger partial charge in [-0.15, -0.1) is 6.58 Å². The zero-order valence-electron chi connectivity index (χ0n) is 8.89. The number of hydrogen-bond donors (Lipinski definition) is 0. The van der Waals surface area contributed by atoms with E-state index in [4.69, 9.17) is 0 Å². The first-order valence-electron chi connectivity index (χ1n) is 5.55. The molecule has 0 aromatic rings. The van der Waals surface area contributed by atoms with E-state index < -0.39 is 0 Å². The van der Waals surface area contributed by atoms with Crippen molar-refractivity contribution in [3.05, 3.63) is 24.8 Å². The lowest BCUT2D eigenvalue weighted by molar-refractivity contribution is 0.285. The van der Waals surface area contributed by atoms with Gasteiger partial charge in [-0.1, -0.05) is 44.4 Å². The average Bonchev–Trinajstić information content (AvgIpc) is 2.14. The molecule has 0 N–H and O–H groups in total. The first-order valence-corrected chi connectivity index (χ1v) is 5.55. The first-order chi connectivity index (χ1) is 6.27. The van der Waals surface area contributed by atoms with Gasteiger partial charge in [-0.2, -0.15) is 0 Å². The Morgan fingerprint density at radius 2 is 1.85 bits per heavy atom. The quantitative estimate of drug-likeness (QED) is 0.440. The van der Waals surface area contributed by atoms with Crippen LogP contribution in [0, 0.1) is 5.41 Å². The molecule has 0 heteroatoms. The van der Waals surface area contributed by atoms with Crippen molar-refractivity contribution >= 4 is 0 Å². The average molecular weight is 178 g/mol. The predicted molar refractivity (Wildman–Crippen MR) is 59.8 cm³/mol. The minimum Gasteiger partial charge on any atom is -0.103 e. The lowest BCUT2D eigenvalue weighted by Gasteiger charge is -2.30. The molecule has 0 unspecified atom stereocenters. The highest BCUT2D eigenvalue weighted by Crippen LogP contribution is 2.36. The van der Waals surface area contributed by atoms with E-state index in [1.54, 1.807) is 0 Å². The van der Waals surface area contributed by atoms with Gasteiger partial charge in [-0.05, 0) is 31.1 Å². The van der Waals surface area contributed by atoms with Crippen molar-refractivity contribution in [2.75, 3.05) is 0 Å². The molecule has 0 nitrogen and oxygen atoms in total. The molecule has 1 saturated carbocycles. The molecule has 1 aliphatic carbocycles. The minimum absolute atomic E-state index is 0.513. The second-order valence-electron chi connectivity index (χ2n) is 4.48. The Morgan fingerprint density at radius 1 is 1.15 bits per heavy atom. The Morgan fingerprint density at radius 3 is 2.46 bits per heavy atom. The molecule has 0 saturated heterocycles. The fraction of sp³-hybridized carbons (Fsp3) is 0.692. The van der Waals surface area contributed by atoms with Crippen LogP contribution in [0.2, 0.25) is 0 Å². The maximum atomic E-state index is 3.73. The van der Waals surface area contributed by atoms with Crippen LogP contribution >= 0.6 is 0 Å². The van der Waals surface area contributed by atoms with Crippen LogP contribution in [0.25, 0.3) is 0 Å². The molecule has 1 aliphatic rings. The van der Waals surface area contributed by atoms with Crippen molar-refractivity contribution in [1.82, 2.24) is 0 Å². The second kappa shape index (κ2) is 5.26. The molecule has 0 aromatic heterocycles. The van der Waals surface area contributed by atoms with Crippen LogP contribution in [0.1, 0.15) is 51.9 Å². The Balaban J connectivity index is 2.31. The maximum absolute atomic E-state index is 3.73. The number of hydrogen-bond acceptors (Lipinski definition) is 0. The SMILES string of the molecule is C=CCCC=CC1(C)CCCCC1. The Kier molecular flexibility index (Phi) is 4.27. The first kappa shape index (κ1) is 10.6. The summed E-state index contributed by atoms with van der Waals surface area (Å²) < 4.78 is 0. The van der Waals surface area contributed by atoms with Gasteiger partial charge in [0.15, 0.2) is 0 Å². The van der Waals surface area contributed by atoms with Crippen molar-refractivity contribution in [1.29, 1.82) is 0 Å². The van der Waals surface area contributed by atoms with Crippen molar-refractivity contribution in [3.63, 3.8) is 0 Å². The molecular weight excluding hydrogens is 156 g/mol. The largest absolute Gasteiger partial charge is 0.103 e. The highest BCUT2D eigenvalue weighted by molar-refractivity contribution is 4.99. The summed E-state index contributed by atoms with van der Waals surface area (Å²) in [5.74, 6) is 0. The van der Waals surface area contributed by atoms with E-state index >= 15 is 0 Å². The van der Waals surface area contributed by atoms with E-state index in [1.165, 1.54) is 38.5 Å². The smallest absolute Gasteiger partial charge is 0.0147 e. The molecule has 0 radical (unpaired) electrons. The van der Waals surface area contributed by atoms with Crippen LogP contribution in [-0.4, -0.2) is 0 Å². The summed E-state index contributed by atoms with van der Waals surface area (Å²) in [6.45, 7) is 6.13. The Hall–Kier alpha value is -0.520. The van der Waals surface area contributed by atoms with Gasteiger partial charge in [0.05, 0.1) is 0 Å². The normalized spacial score (nSPS) is 21.9. The van der Waals surface area contributed by atoms with E-state index in [9.17, 15) is 0 Å². The summed E-state index contributed by atoms with van der Waals surface area (Å²) in [6.07, 6.45) is 16.1. The van der Waals surface area contributed by atoms with Gasteiger partial charge >= 0.3 is 0 Å². The number of rotatable bonds is 4. The van der Waals surface area contributed by atoms with Crippen LogP contribution in [-0.2, 0) is 0 Å². The third-order valence-electron chi connectivity index (χ3n) is 3.05. The van der Waals surface area contributed by atoms with Crippen LogP contribution in [0.3, 0.4) is 0 Å². The third kappa shape index (κ3) is 3.80. The minimum atomic E-state index is 0.513. The number of allylic oxidation sites excluding steroid dienone is 3. The fourth-order valence-electron chi connectivity index (χ4n) is 2.11. The maximum Gasteiger partial charge on any atom is -0.0147 e. The van der Waals surface area contributed by atoms with Crippen molar-refractivity contribution in [3.8, 4) is 0 Å². The summed E-state index contributed by atoms with van der Waals surface area (Å²) in [4.78, 5) is 0. The molecule has 74 valence electrons. The molecule has 0 aromatic carbocycles. The molecule has 0 bridgehead atoms. The van der Waals surface area contributed by atoms with Crippen LogP contribution in [0.4, 0.5) is 0 Å². The third-order valence-corrected chi connectivity index (χ3v) is 3.05.